The van der Waals surface area contributed by atoms with Crippen LogP contribution in [0.3, 0.4) is 0 Å². The molecule has 0 spiro atoms. The molecule has 0 radical (unpaired) electrons. The first-order valence-electron chi connectivity index (χ1n) is 2.82. The zero-order valence-corrected chi connectivity index (χ0v) is 7.75. The van der Waals surface area contributed by atoms with Gasteiger partial charge >= 0.3 is 0 Å². The normalized spacial score (nSPS) is 10.5. The van der Waals surface area contributed by atoms with Crippen molar-refractivity contribution in [2.24, 2.45) is 0 Å². The lowest BCUT2D eigenvalue weighted by Crippen LogP contribution is -2.09. The number of hydrogen-bond acceptors (Lipinski definition) is 3. The van der Waals surface area contributed by atoms with E-state index in [0.29, 0.717) is 5.13 Å². The van der Waals surface area contributed by atoms with Crippen molar-refractivity contribution in [3.63, 3.8) is 0 Å². The molecule has 6 heteroatoms. The van der Waals surface area contributed by atoms with Gasteiger partial charge in [-0.2, -0.15) is 0 Å². The van der Waals surface area contributed by atoms with E-state index in [-0.39, 0.29) is 6.54 Å². The Labute approximate surface area is 74.8 Å². The summed E-state index contributed by atoms with van der Waals surface area (Å²) in [5, 5.41) is 3.00. The van der Waals surface area contributed by atoms with Crippen LogP contribution in [-0.4, -0.2) is 18.0 Å². The average Bonchev–Trinajstić information content (AvgIpc) is 2.31. The number of halogens is 3. The summed E-state index contributed by atoms with van der Waals surface area (Å²) in [6, 6.07) is 0. The van der Waals surface area contributed by atoms with Gasteiger partial charge in [-0.25, -0.2) is 13.8 Å². The fourth-order valence-electron chi connectivity index (χ4n) is 0.501. The number of anilines is 1. The standard InChI is InChI=1S/C5H5BrF2N2S/c6-3-1-9-5(11-3)10-2-4(7)8/h1,4H,2H2,(H,9,10). The van der Waals surface area contributed by atoms with Crippen molar-refractivity contribution in [2.45, 2.75) is 6.43 Å². The first-order chi connectivity index (χ1) is 5.18. The highest BCUT2D eigenvalue weighted by molar-refractivity contribution is 9.11. The van der Waals surface area contributed by atoms with Crippen molar-refractivity contribution < 1.29 is 8.78 Å². The van der Waals surface area contributed by atoms with Gasteiger partial charge in [-0.15, -0.1) is 0 Å². The molecule has 0 aliphatic heterocycles. The van der Waals surface area contributed by atoms with Crippen molar-refractivity contribution in [1.29, 1.82) is 0 Å². The van der Waals surface area contributed by atoms with Crippen molar-refractivity contribution in [3.8, 4) is 0 Å². The lowest BCUT2D eigenvalue weighted by atomic mass is 10.7. The van der Waals surface area contributed by atoms with Crippen LogP contribution in [0.5, 0.6) is 0 Å². The number of aromatic nitrogens is 1. The van der Waals surface area contributed by atoms with E-state index in [1.54, 1.807) is 6.20 Å². The minimum atomic E-state index is -2.34. The van der Waals surface area contributed by atoms with E-state index in [2.05, 4.69) is 26.2 Å². The summed E-state index contributed by atoms with van der Waals surface area (Å²) in [7, 11) is 0. The van der Waals surface area contributed by atoms with E-state index in [1.165, 1.54) is 11.3 Å². The third-order valence-electron chi connectivity index (χ3n) is 0.885. The largest absolute Gasteiger partial charge is 0.356 e. The Morgan fingerprint density at radius 2 is 2.45 bits per heavy atom. The van der Waals surface area contributed by atoms with E-state index in [0.717, 1.165) is 3.79 Å². The van der Waals surface area contributed by atoms with E-state index < -0.39 is 6.43 Å². The first kappa shape index (κ1) is 8.86. The van der Waals surface area contributed by atoms with Crippen LogP contribution in [0.2, 0.25) is 0 Å². The molecule has 1 heterocycles. The molecule has 0 bridgehead atoms. The molecule has 0 unspecified atom stereocenters. The van der Waals surface area contributed by atoms with Gasteiger partial charge in [-0.1, -0.05) is 11.3 Å². The third kappa shape index (κ3) is 3.11. The molecule has 0 aliphatic carbocycles. The minimum Gasteiger partial charge on any atom is -0.356 e. The van der Waals surface area contributed by atoms with Crippen LogP contribution in [0.1, 0.15) is 0 Å². The fourth-order valence-corrected chi connectivity index (χ4v) is 1.61. The highest BCUT2D eigenvalue weighted by atomic mass is 79.9. The summed E-state index contributed by atoms with van der Waals surface area (Å²) in [6.45, 7) is -0.347. The second-order valence-electron chi connectivity index (χ2n) is 1.74. The zero-order chi connectivity index (χ0) is 8.27. The van der Waals surface area contributed by atoms with Crippen LogP contribution in [-0.2, 0) is 0 Å². The number of thiazole rings is 1. The van der Waals surface area contributed by atoms with Gasteiger partial charge in [0.2, 0.25) is 0 Å². The molecule has 0 fully saturated rings. The topological polar surface area (TPSA) is 24.9 Å². The Bertz CT molecular complexity index is 228. The fraction of sp³-hybridized carbons (Fsp3) is 0.400. The molecule has 1 aromatic heterocycles. The van der Waals surface area contributed by atoms with Crippen LogP contribution in [0.15, 0.2) is 9.98 Å². The van der Waals surface area contributed by atoms with Gasteiger partial charge < -0.3 is 5.32 Å². The molecule has 11 heavy (non-hydrogen) atoms. The zero-order valence-electron chi connectivity index (χ0n) is 5.35. The van der Waals surface area contributed by atoms with Crippen molar-refractivity contribution in [3.05, 3.63) is 9.98 Å². The Morgan fingerprint density at radius 1 is 1.73 bits per heavy atom. The summed E-state index contributed by atoms with van der Waals surface area (Å²) in [6.07, 6.45) is -0.768. The van der Waals surface area contributed by atoms with Gasteiger partial charge in [0.05, 0.1) is 16.5 Å². The van der Waals surface area contributed by atoms with Crippen LogP contribution >= 0.6 is 27.3 Å². The Kier molecular flexibility index (Phi) is 3.19. The quantitative estimate of drug-likeness (QED) is 0.882. The molecule has 1 N–H and O–H groups in total. The van der Waals surface area contributed by atoms with Crippen LogP contribution in [0, 0.1) is 0 Å². The summed E-state index contributed by atoms with van der Waals surface area (Å²) < 4.78 is 24.1. The van der Waals surface area contributed by atoms with Gasteiger partial charge in [0.1, 0.15) is 0 Å². The van der Waals surface area contributed by atoms with Gasteiger partial charge in [0, 0.05) is 0 Å². The first-order valence-corrected chi connectivity index (χ1v) is 4.43. The Hall–Kier alpha value is -0.230. The van der Waals surface area contributed by atoms with Gasteiger partial charge in [0.25, 0.3) is 6.43 Å². The van der Waals surface area contributed by atoms with Gasteiger partial charge in [-0.3, -0.25) is 0 Å². The number of rotatable bonds is 3. The van der Waals surface area contributed by atoms with Crippen molar-refractivity contribution >= 4 is 32.4 Å². The van der Waals surface area contributed by atoms with Crippen molar-refractivity contribution in [2.75, 3.05) is 11.9 Å². The maximum atomic E-state index is 11.6. The molecule has 0 saturated heterocycles. The monoisotopic (exact) mass is 242 g/mol. The van der Waals surface area contributed by atoms with Crippen LogP contribution < -0.4 is 5.32 Å². The van der Waals surface area contributed by atoms with E-state index in [9.17, 15) is 8.78 Å². The number of nitrogens with one attached hydrogen (secondary N) is 1. The molecular weight excluding hydrogens is 238 g/mol. The minimum absolute atomic E-state index is 0.347. The SMILES string of the molecule is FC(F)CNc1ncc(Br)s1. The maximum absolute atomic E-state index is 11.6. The smallest absolute Gasteiger partial charge is 0.255 e. The lowest BCUT2D eigenvalue weighted by Gasteiger charge is -1.98. The van der Waals surface area contributed by atoms with E-state index >= 15 is 0 Å². The number of nitrogens with zero attached hydrogens (tertiary/aromatic N) is 1. The molecule has 1 aromatic rings. The third-order valence-corrected chi connectivity index (χ3v) is 2.32. The molecule has 0 atom stereocenters. The molecule has 0 amide bonds. The highest BCUT2D eigenvalue weighted by Crippen LogP contribution is 2.22. The molecular formula is C5H5BrF2N2S. The molecule has 1 rings (SSSR count). The van der Waals surface area contributed by atoms with Crippen molar-refractivity contribution in [1.82, 2.24) is 4.98 Å². The molecule has 0 aromatic carbocycles. The molecule has 0 aliphatic rings. The molecule has 0 saturated carbocycles. The molecule has 62 valence electrons. The van der Waals surface area contributed by atoms with Crippen LogP contribution in [0.4, 0.5) is 13.9 Å². The van der Waals surface area contributed by atoms with E-state index in [1.807, 2.05) is 0 Å². The summed E-state index contributed by atoms with van der Waals surface area (Å²) in [5.41, 5.74) is 0. The predicted octanol–water partition coefficient (Wildman–Crippen LogP) is 2.58. The maximum Gasteiger partial charge on any atom is 0.255 e. The second-order valence-corrected chi connectivity index (χ2v) is 4.15. The van der Waals surface area contributed by atoms with E-state index in [4.69, 9.17) is 0 Å². The number of alkyl halides is 2. The van der Waals surface area contributed by atoms with Gasteiger partial charge in [-0.05, 0) is 15.9 Å². The molecule has 2 nitrogen and oxygen atoms in total. The predicted molar refractivity (Wildman–Crippen MR) is 44.3 cm³/mol. The summed E-state index contributed by atoms with van der Waals surface area (Å²) in [4.78, 5) is 3.81. The Morgan fingerprint density at radius 3 is 2.91 bits per heavy atom. The highest BCUT2D eigenvalue weighted by Gasteiger charge is 2.03. The number of hydrogen-bond donors (Lipinski definition) is 1. The Balaban J connectivity index is 2.39. The lowest BCUT2D eigenvalue weighted by molar-refractivity contribution is 0.163. The van der Waals surface area contributed by atoms with Crippen LogP contribution in [0.25, 0.3) is 0 Å². The summed E-state index contributed by atoms with van der Waals surface area (Å²) in [5.74, 6) is 0. The summed E-state index contributed by atoms with van der Waals surface area (Å²) >= 11 is 4.46. The second kappa shape index (κ2) is 3.96. The van der Waals surface area contributed by atoms with Gasteiger partial charge in [0.15, 0.2) is 5.13 Å². The average molecular weight is 243 g/mol.